The second-order valence-electron chi connectivity index (χ2n) is 8.87. The highest BCUT2D eigenvalue weighted by Crippen LogP contribution is 2.22. The highest BCUT2D eigenvalue weighted by atomic mass is 16.2. The summed E-state index contributed by atoms with van der Waals surface area (Å²) in [4.78, 5) is 21.7. The molecule has 7 heteroatoms. The van der Waals surface area contributed by atoms with Gasteiger partial charge in [0, 0.05) is 63.8 Å². The molecule has 1 saturated heterocycles. The third-order valence-corrected chi connectivity index (χ3v) is 6.62. The summed E-state index contributed by atoms with van der Waals surface area (Å²) in [7, 11) is 3.85. The lowest BCUT2D eigenvalue weighted by molar-refractivity contribution is 0.0793. The van der Waals surface area contributed by atoms with E-state index in [1.54, 1.807) is 6.20 Å². The SMILES string of the molecule is Cc1nn(C)c(C)c1CCCN(C)C(=O)c1ccnc(N2CCNC(c3ccccc3)C2)c1. The minimum Gasteiger partial charge on any atom is -0.353 e. The molecule has 1 aliphatic heterocycles. The van der Waals surface area contributed by atoms with Crippen LogP contribution in [0.2, 0.25) is 0 Å². The van der Waals surface area contributed by atoms with E-state index in [4.69, 9.17) is 0 Å². The molecule has 1 N–H and O–H groups in total. The van der Waals surface area contributed by atoms with E-state index in [-0.39, 0.29) is 11.9 Å². The molecule has 0 saturated carbocycles. The molecule has 1 fully saturated rings. The monoisotopic (exact) mass is 446 g/mol. The van der Waals surface area contributed by atoms with Gasteiger partial charge in [0.05, 0.1) is 5.69 Å². The standard InChI is InChI=1S/C26H34N6O/c1-19-23(20(2)31(4)29-19)11-8-15-30(3)26(33)22-12-13-28-25(17-22)32-16-14-27-24(18-32)21-9-6-5-7-10-21/h5-7,9-10,12-13,17,24,27H,8,11,14-16,18H2,1-4H3. The first-order valence-electron chi connectivity index (χ1n) is 11.7. The first kappa shape index (κ1) is 23.0. The van der Waals surface area contributed by atoms with Crippen LogP contribution in [0.3, 0.4) is 0 Å². The maximum absolute atomic E-state index is 13.1. The zero-order valence-corrected chi connectivity index (χ0v) is 20.1. The number of aryl methyl sites for hydroxylation is 2. The molecule has 0 radical (unpaired) electrons. The zero-order valence-electron chi connectivity index (χ0n) is 20.1. The average Bonchev–Trinajstić information content (AvgIpc) is 3.10. The van der Waals surface area contributed by atoms with Gasteiger partial charge in [-0.25, -0.2) is 4.98 Å². The van der Waals surface area contributed by atoms with Gasteiger partial charge in [-0.3, -0.25) is 9.48 Å². The molecular weight excluding hydrogens is 412 g/mol. The van der Waals surface area contributed by atoms with Crippen molar-refractivity contribution in [2.45, 2.75) is 32.7 Å². The fourth-order valence-electron chi connectivity index (χ4n) is 4.59. The van der Waals surface area contributed by atoms with Crippen molar-refractivity contribution in [3.63, 3.8) is 0 Å². The number of nitrogens with one attached hydrogen (secondary N) is 1. The number of nitrogens with zero attached hydrogens (tertiary/aromatic N) is 5. The van der Waals surface area contributed by atoms with Gasteiger partial charge in [-0.2, -0.15) is 5.10 Å². The molecule has 1 atom stereocenters. The Morgan fingerprint density at radius 3 is 2.73 bits per heavy atom. The third-order valence-electron chi connectivity index (χ3n) is 6.62. The Morgan fingerprint density at radius 1 is 1.21 bits per heavy atom. The smallest absolute Gasteiger partial charge is 0.253 e. The number of hydrogen-bond acceptors (Lipinski definition) is 5. The molecule has 174 valence electrons. The van der Waals surface area contributed by atoms with Crippen molar-refractivity contribution < 1.29 is 4.79 Å². The summed E-state index contributed by atoms with van der Waals surface area (Å²) in [5.41, 5.74) is 5.52. The van der Waals surface area contributed by atoms with Gasteiger partial charge in [-0.15, -0.1) is 0 Å². The minimum absolute atomic E-state index is 0.0352. The van der Waals surface area contributed by atoms with Crippen LogP contribution in [-0.2, 0) is 13.5 Å². The highest BCUT2D eigenvalue weighted by Gasteiger charge is 2.22. The van der Waals surface area contributed by atoms with Gasteiger partial charge >= 0.3 is 0 Å². The fraction of sp³-hybridized carbons (Fsp3) is 0.423. The first-order chi connectivity index (χ1) is 15.9. The molecule has 2 aromatic heterocycles. The van der Waals surface area contributed by atoms with Crippen LogP contribution in [0.15, 0.2) is 48.7 Å². The number of anilines is 1. The molecule has 7 nitrogen and oxygen atoms in total. The van der Waals surface area contributed by atoms with E-state index >= 15 is 0 Å². The fourth-order valence-corrected chi connectivity index (χ4v) is 4.59. The summed E-state index contributed by atoms with van der Waals surface area (Å²) >= 11 is 0. The van der Waals surface area contributed by atoms with Crippen molar-refractivity contribution in [3.8, 4) is 0 Å². The molecule has 3 aromatic rings. The van der Waals surface area contributed by atoms with Crippen molar-refractivity contribution in [2.75, 3.05) is 38.1 Å². The molecular formula is C26H34N6O. The van der Waals surface area contributed by atoms with Crippen LogP contribution in [0, 0.1) is 13.8 Å². The third kappa shape index (κ3) is 5.25. The summed E-state index contributed by atoms with van der Waals surface area (Å²) < 4.78 is 1.93. The van der Waals surface area contributed by atoms with Crippen molar-refractivity contribution in [3.05, 3.63) is 76.7 Å². The molecule has 33 heavy (non-hydrogen) atoms. The number of rotatable bonds is 7. The van der Waals surface area contributed by atoms with E-state index in [0.29, 0.717) is 12.1 Å². The Labute approximate surface area is 196 Å². The van der Waals surface area contributed by atoms with Gasteiger partial charge in [0.1, 0.15) is 5.82 Å². The zero-order chi connectivity index (χ0) is 23.4. The van der Waals surface area contributed by atoms with Gasteiger partial charge < -0.3 is 15.1 Å². The summed E-state index contributed by atoms with van der Waals surface area (Å²) in [5, 5.41) is 8.08. The Balaban J connectivity index is 1.37. The second kappa shape index (κ2) is 10.2. The number of carbonyl (C=O) groups is 1. The maximum atomic E-state index is 13.1. The van der Waals surface area contributed by atoms with E-state index in [9.17, 15) is 4.79 Å². The van der Waals surface area contributed by atoms with Crippen LogP contribution in [0.25, 0.3) is 0 Å². The molecule has 1 aliphatic rings. The van der Waals surface area contributed by atoms with E-state index in [0.717, 1.165) is 44.0 Å². The van der Waals surface area contributed by atoms with Crippen LogP contribution in [0.4, 0.5) is 5.82 Å². The summed E-state index contributed by atoms with van der Waals surface area (Å²) in [6, 6.07) is 14.5. The Hall–Kier alpha value is -3.19. The molecule has 0 spiro atoms. The number of aromatic nitrogens is 3. The number of benzene rings is 1. The minimum atomic E-state index is 0.0352. The average molecular weight is 447 g/mol. The van der Waals surface area contributed by atoms with Crippen molar-refractivity contribution in [1.29, 1.82) is 0 Å². The predicted molar refractivity (Wildman–Crippen MR) is 132 cm³/mol. The molecule has 1 aromatic carbocycles. The molecule has 0 aliphatic carbocycles. The summed E-state index contributed by atoms with van der Waals surface area (Å²) in [6.07, 6.45) is 3.58. The summed E-state index contributed by atoms with van der Waals surface area (Å²) in [5.74, 6) is 0.895. The van der Waals surface area contributed by atoms with Gasteiger partial charge in [0.2, 0.25) is 0 Å². The lowest BCUT2D eigenvalue weighted by atomic mass is 10.0. The topological polar surface area (TPSA) is 66.3 Å². The molecule has 1 unspecified atom stereocenters. The normalized spacial score (nSPS) is 16.1. The Morgan fingerprint density at radius 2 is 2.00 bits per heavy atom. The number of hydrogen-bond donors (Lipinski definition) is 1. The Kier molecular flexibility index (Phi) is 7.08. The molecule has 4 rings (SSSR count). The number of piperazine rings is 1. The lowest BCUT2D eigenvalue weighted by Crippen LogP contribution is -2.46. The maximum Gasteiger partial charge on any atom is 0.253 e. The predicted octanol–water partition coefficient (Wildman–Crippen LogP) is 3.29. The number of carbonyl (C=O) groups excluding carboxylic acids is 1. The van der Waals surface area contributed by atoms with E-state index in [1.807, 2.05) is 48.8 Å². The molecule has 3 heterocycles. The van der Waals surface area contributed by atoms with Gasteiger partial charge in [-0.1, -0.05) is 30.3 Å². The van der Waals surface area contributed by atoms with Crippen LogP contribution < -0.4 is 10.2 Å². The van der Waals surface area contributed by atoms with Crippen LogP contribution >= 0.6 is 0 Å². The largest absolute Gasteiger partial charge is 0.353 e. The van der Waals surface area contributed by atoms with E-state index < -0.39 is 0 Å². The van der Waals surface area contributed by atoms with Crippen LogP contribution in [0.1, 0.15) is 45.3 Å². The molecule has 1 amide bonds. The Bertz CT molecular complexity index is 1090. The molecule has 0 bridgehead atoms. The van der Waals surface area contributed by atoms with E-state index in [2.05, 4.69) is 51.5 Å². The number of amides is 1. The van der Waals surface area contributed by atoms with E-state index in [1.165, 1.54) is 16.8 Å². The number of pyridine rings is 1. The van der Waals surface area contributed by atoms with Crippen LogP contribution in [-0.4, -0.2) is 58.8 Å². The highest BCUT2D eigenvalue weighted by molar-refractivity contribution is 5.94. The lowest BCUT2D eigenvalue weighted by Gasteiger charge is -2.35. The summed E-state index contributed by atoms with van der Waals surface area (Å²) in [6.45, 7) is 7.43. The quantitative estimate of drug-likeness (QED) is 0.603. The van der Waals surface area contributed by atoms with Crippen molar-refractivity contribution in [2.24, 2.45) is 7.05 Å². The van der Waals surface area contributed by atoms with Gasteiger partial charge in [0.25, 0.3) is 5.91 Å². The second-order valence-corrected chi connectivity index (χ2v) is 8.87. The first-order valence-corrected chi connectivity index (χ1v) is 11.7. The van der Waals surface area contributed by atoms with Crippen LogP contribution in [0.5, 0.6) is 0 Å². The van der Waals surface area contributed by atoms with Crippen molar-refractivity contribution >= 4 is 11.7 Å². The van der Waals surface area contributed by atoms with Gasteiger partial charge in [-0.05, 0) is 49.9 Å². The van der Waals surface area contributed by atoms with Gasteiger partial charge in [0.15, 0.2) is 0 Å². The van der Waals surface area contributed by atoms with Crippen molar-refractivity contribution in [1.82, 2.24) is 25.0 Å².